The SMILES string of the molecule is C#CC1C[C@H]1c1cn(C)cn1.CC. The molecular formula is C11H16N2. The molecule has 0 N–H and O–H groups in total. The van der Waals surface area contributed by atoms with E-state index in [9.17, 15) is 0 Å². The molecule has 70 valence electrons. The van der Waals surface area contributed by atoms with Crippen molar-refractivity contribution < 1.29 is 0 Å². The van der Waals surface area contributed by atoms with Crippen molar-refractivity contribution in [1.82, 2.24) is 9.55 Å². The Bertz CT molecular complexity index is 306. The van der Waals surface area contributed by atoms with Gasteiger partial charge in [-0.1, -0.05) is 13.8 Å². The molecule has 2 rings (SSSR count). The molecule has 1 aromatic rings. The second-order valence-corrected chi connectivity index (χ2v) is 3.08. The molecule has 1 aliphatic rings. The number of aromatic nitrogens is 2. The van der Waals surface area contributed by atoms with E-state index in [0.717, 1.165) is 12.1 Å². The molecule has 1 fully saturated rings. The molecule has 0 aliphatic heterocycles. The van der Waals surface area contributed by atoms with Crippen LogP contribution in [-0.2, 0) is 7.05 Å². The highest BCUT2D eigenvalue weighted by Crippen LogP contribution is 2.45. The van der Waals surface area contributed by atoms with Crippen LogP contribution in [-0.4, -0.2) is 9.55 Å². The molecule has 1 heterocycles. The minimum absolute atomic E-state index is 0.449. The first-order valence-electron chi connectivity index (χ1n) is 4.75. The first-order chi connectivity index (χ1) is 6.31. The molecule has 1 aliphatic carbocycles. The predicted octanol–water partition coefficient (Wildman–Crippen LogP) is 2.18. The summed E-state index contributed by atoms with van der Waals surface area (Å²) in [5, 5.41) is 0. The Kier molecular flexibility index (Phi) is 3.13. The summed E-state index contributed by atoms with van der Waals surface area (Å²) in [6, 6.07) is 0. The fraction of sp³-hybridized carbons (Fsp3) is 0.545. The number of nitrogens with zero attached hydrogens (tertiary/aromatic N) is 2. The Morgan fingerprint density at radius 1 is 1.62 bits per heavy atom. The van der Waals surface area contributed by atoms with Gasteiger partial charge in [-0.05, 0) is 6.42 Å². The fourth-order valence-corrected chi connectivity index (χ4v) is 1.33. The smallest absolute Gasteiger partial charge is 0.0946 e. The average molecular weight is 176 g/mol. The van der Waals surface area contributed by atoms with E-state index in [1.54, 1.807) is 0 Å². The third kappa shape index (κ3) is 2.12. The van der Waals surface area contributed by atoms with E-state index in [0.29, 0.717) is 11.8 Å². The van der Waals surface area contributed by atoms with Gasteiger partial charge in [-0.25, -0.2) is 4.98 Å². The van der Waals surface area contributed by atoms with Crippen LogP contribution in [0.3, 0.4) is 0 Å². The average Bonchev–Trinajstić information content (AvgIpc) is 2.85. The maximum Gasteiger partial charge on any atom is 0.0946 e. The minimum Gasteiger partial charge on any atom is -0.340 e. The summed E-state index contributed by atoms with van der Waals surface area (Å²) in [5.41, 5.74) is 1.15. The van der Waals surface area contributed by atoms with Crippen molar-refractivity contribution in [3.8, 4) is 12.3 Å². The van der Waals surface area contributed by atoms with Gasteiger partial charge in [0.05, 0.1) is 12.0 Å². The molecule has 1 aromatic heterocycles. The maximum absolute atomic E-state index is 5.28. The van der Waals surface area contributed by atoms with Gasteiger partial charge in [0, 0.05) is 25.1 Å². The zero-order valence-corrected chi connectivity index (χ0v) is 8.49. The van der Waals surface area contributed by atoms with Gasteiger partial charge in [0.1, 0.15) is 0 Å². The van der Waals surface area contributed by atoms with Crippen molar-refractivity contribution in [1.29, 1.82) is 0 Å². The molecule has 13 heavy (non-hydrogen) atoms. The molecule has 0 bridgehead atoms. The lowest BCUT2D eigenvalue weighted by atomic mass is 10.2. The summed E-state index contributed by atoms with van der Waals surface area (Å²) >= 11 is 0. The highest BCUT2D eigenvalue weighted by Gasteiger charge is 2.38. The van der Waals surface area contributed by atoms with E-state index in [-0.39, 0.29) is 0 Å². The van der Waals surface area contributed by atoms with Crippen LogP contribution in [0.2, 0.25) is 0 Å². The summed E-state index contributed by atoms with van der Waals surface area (Å²) in [6.45, 7) is 4.00. The molecule has 1 unspecified atom stereocenters. The standard InChI is InChI=1S/C9H10N2.C2H6/c1-3-7-4-8(7)9-5-11(2)6-10-9;1-2/h1,5-8H,4H2,2H3;1-2H3/t7?,8-;/m1./s1. The predicted molar refractivity (Wildman–Crippen MR) is 54.2 cm³/mol. The maximum atomic E-state index is 5.28. The Labute approximate surface area is 80.0 Å². The quantitative estimate of drug-likeness (QED) is 0.600. The van der Waals surface area contributed by atoms with Crippen LogP contribution in [0.25, 0.3) is 0 Å². The third-order valence-electron chi connectivity index (χ3n) is 2.11. The molecule has 0 spiro atoms. The van der Waals surface area contributed by atoms with Crippen LogP contribution < -0.4 is 0 Å². The lowest BCUT2D eigenvalue weighted by Gasteiger charge is -1.86. The van der Waals surface area contributed by atoms with Crippen LogP contribution in [0.1, 0.15) is 31.9 Å². The third-order valence-corrected chi connectivity index (χ3v) is 2.11. The van der Waals surface area contributed by atoms with Gasteiger partial charge < -0.3 is 4.57 Å². The van der Waals surface area contributed by atoms with Crippen LogP contribution in [0.4, 0.5) is 0 Å². The van der Waals surface area contributed by atoms with Crippen LogP contribution in [0.15, 0.2) is 12.5 Å². The highest BCUT2D eigenvalue weighted by molar-refractivity contribution is 5.22. The number of hydrogen-bond donors (Lipinski definition) is 0. The van der Waals surface area contributed by atoms with Crippen LogP contribution >= 0.6 is 0 Å². The van der Waals surface area contributed by atoms with Gasteiger partial charge >= 0.3 is 0 Å². The minimum atomic E-state index is 0.449. The zero-order valence-electron chi connectivity index (χ0n) is 8.49. The lowest BCUT2D eigenvalue weighted by molar-refractivity contribution is 0.910. The largest absolute Gasteiger partial charge is 0.340 e. The Hall–Kier alpha value is -1.23. The molecule has 0 saturated heterocycles. The first kappa shape index (κ1) is 9.85. The van der Waals surface area contributed by atoms with Crippen LogP contribution in [0.5, 0.6) is 0 Å². The van der Waals surface area contributed by atoms with Crippen molar-refractivity contribution in [2.24, 2.45) is 13.0 Å². The summed E-state index contributed by atoms with van der Waals surface area (Å²) < 4.78 is 1.96. The van der Waals surface area contributed by atoms with Crippen molar-refractivity contribution in [3.63, 3.8) is 0 Å². The van der Waals surface area contributed by atoms with E-state index in [4.69, 9.17) is 6.42 Å². The van der Waals surface area contributed by atoms with Gasteiger partial charge in [-0.3, -0.25) is 0 Å². The Balaban J connectivity index is 0.000000396. The van der Waals surface area contributed by atoms with Crippen molar-refractivity contribution in [3.05, 3.63) is 18.2 Å². The van der Waals surface area contributed by atoms with E-state index in [1.165, 1.54) is 0 Å². The normalized spacial score (nSPS) is 24.2. The molecular weight excluding hydrogens is 160 g/mol. The number of hydrogen-bond acceptors (Lipinski definition) is 1. The number of rotatable bonds is 1. The number of aryl methyl sites for hydroxylation is 1. The van der Waals surface area contributed by atoms with Gasteiger partial charge in [-0.15, -0.1) is 12.3 Å². The second-order valence-electron chi connectivity index (χ2n) is 3.08. The molecule has 2 atom stereocenters. The molecule has 2 heteroatoms. The van der Waals surface area contributed by atoms with Gasteiger partial charge in [0.25, 0.3) is 0 Å². The summed E-state index contributed by atoms with van der Waals surface area (Å²) in [6.07, 6.45) is 10.3. The van der Waals surface area contributed by atoms with E-state index >= 15 is 0 Å². The monoisotopic (exact) mass is 176 g/mol. The van der Waals surface area contributed by atoms with Crippen molar-refractivity contribution >= 4 is 0 Å². The Morgan fingerprint density at radius 2 is 2.31 bits per heavy atom. The molecule has 1 saturated carbocycles. The summed E-state index contributed by atoms with van der Waals surface area (Å²) in [7, 11) is 1.98. The van der Waals surface area contributed by atoms with Gasteiger partial charge in [0.15, 0.2) is 0 Å². The van der Waals surface area contributed by atoms with Gasteiger partial charge in [-0.2, -0.15) is 0 Å². The van der Waals surface area contributed by atoms with Crippen molar-refractivity contribution in [2.75, 3.05) is 0 Å². The van der Waals surface area contributed by atoms with E-state index in [1.807, 2.05) is 38.0 Å². The van der Waals surface area contributed by atoms with Gasteiger partial charge in [0.2, 0.25) is 0 Å². The molecule has 0 radical (unpaired) electrons. The fourth-order valence-electron chi connectivity index (χ4n) is 1.33. The molecule has 0 aromatic carbocycles. The zero-order chi connectivity index (χ0) is 9.84. The summed E-state index contributed by atoms with van der Waals surface area (Å²) in [4.78, 5) is 4.24. The van der Waals surface area contributed by atoms with Crippen molar-refractivity contribution in [2.45, 2.75) is 26.2 Å². The molecule has 2 nitrogen and oxygen atoms in total. The number of imidazole rings is 1. The summed E-state index contributed by atoms with van der Waals surface area (Å²) in [5.74, 6) is 3.74. The second kappa shape index (κ2) is 4.13. The first-order valence-corrected chi connectivity index (χ1v) is 4.75. The van der Waals surface area contributed by atoms with E-state index in [2.05, 4.69) is 10.9 Å². The topological polar surface area (TPSA) is 17.8 Å². The Morgan fingerprint density at radius 3 is 2.69 bits per heavy atom. The lowest BCUT2D eigenvalue weighted by Crippen LogP contribution is -1.81. The van der Waals surface area contributed by atoms with E-state index < -0.39 is 0 Å². The highest BCUT2D eigenvalue weighted by atomic mass is 15.0. The number of terminal acetylenes is 1. The van der Waals surface area contributed by atoms with Crippen LogP contribution in [0, 0.1) is 18.3 Å². The molecule has 0 amide bonds.